The normalized spacial score (nSPS) is 10.1. The first kappa shape index (κ1) is 14.2. The van der Waals surface area contributed by atoms with Crippen molar-refractivity contribution in [1.29, 1.82) is 0 Å². The second-order valence-electron chi connectivity index (χ2n) is 4.08. The molecule has 2 N–H and O–H groups in total. The number of pyridine rings is 1. The molecule has 1 aromatic heterocycles. The molecule has 0 aliphatic carbocycles. The molecule has 0 spiro atoms. The predicted octanol–water partition coefficient (Wildman–Crippen LogP) is 2.72. The summed E-state index contributed by atoms with van der Waals surface area (Å²) < 4.78 is 0.470. The number of rotatable bonds is 4. The highest BCUT2D eigenvalue weighted by atomic mass is 79.9. The summed E-state index contributed by atoms with van der Waals surface area (Å²) in [6, 6.07) is 8.15. The van der Waals surface area contributed by atoms with Crippen LogP contribution in [0.3, 0.4) is 0 Å². The maximum absolute atomic E-state index is 11.9. The first-order valence-corrected chi connectivity index (χ1v) is 6.57. The van der Waals surface area contributed by atoms with E-state index >= 15 is 0 Å². The molecule has 0 unspecified atom stereocenters. The molecule has 0 aliphatic rings. The Morgan fingerprint density at radius 2 is 1.90 bits per heavy atom. The number of aromatic nitrogens is 1. The molecule has 2 rings (SSSR count). The van der Waals surface area contributed by atoms with Crippen molar-refractivity contribution >= 4 is 33.5 Å². The molecule has 0 aliphatic heterocycles. The summed E-state index contributed by atoms with van der Waals surface area (Å²) in [7, 11) is 0. The molecule has 6 heteroatoms. The number of carbonyl (C=O) groups excluding carboxylic acids is 1. The number of halogens is 1. The lowest BCUT2D eigenvalue weighted by atomic mass is 10.1. The number of hydrogen-bond acceptors (Lipinski definition) is 3. The van der Waals surface area contributed by atoms with E-state index in [1.165, 1.54) is 6.07 Å². The minimum atomic E-state index is -1.05. The number of carboxylic acid groups (broad SMARTS) is 1. The highest BCUT2D eigenvalue weighted by Crippen LogP contribution is 2.21. The fraction of sp³-hybridized carbons (Fsp3) is 0.0714. The zero-order chi connectivity index (χ0) is 14.5. The molecule has 1 amide bonds. The van der Waals surface area contributed by atoms with E-state index in [9.17, 15) is 9.59 Å². The molecule has 0 radical (unpaired) electrons. The van der Waals surface area contributed by atoms with Gasteiger partial charge in [-0.05, 0) is 51.8 Å². The monoisotopic (exact) mass is 334 g/mol. The van der Waals surface area contributed by atoms with Crippen LogP contribution in [0.4, 0.5) is 5.69 Å². The van der Waals surface area contributed by atoms with Gasteiger partial charge in [0, 0.05) is 22.6 Å². The van der Waals surface area contributed by atoms with E-state index in [1.54, 1.807) is 36.7 Å². The van der Waals surface area contributed by atoms with Crippen LogP contribution in [0.25, 0.3) is 0 Å². The van der Waals surface area contributed by atoms with Crippen molar-refractivity contribution in [2.45, 2.75) is 6.42 Å². The standard InChI is InChI=1S/C14H11BrN2O3/c15-12-2-1-10(8-11(12)14(19)20)17-13(18)7-9-3-5-16-6-4-9/h1-6,8H,7H2,(H,17,18)(H,19,20). The number of nitrogens with one attached hydrogen (secondary N) is 1. The lowest BCUT2D eigenvalue weighted by Gasteiger charge is -2.07. The molecule has 102 valence electrons. The number of amides is 1. The van der Waals surface area contributed by atoms with Crippen LogP contribution < -0.4 is 5.32 Å². The Hall–Kier alpha value is -2.21. The van der Waals surface area contributed by atoms with E-state index in [-0.39, 0.29) is 17.9 Å². The van der Waals surface area contributed by atoms with Gasteiger partial charge in [-0.25, -0.2) is 4.79 Å². The van der Waals surface area contributed by atoms with Crippen LogP contribution in [0, 0.1) is 0 Å². The SMILES string of the molecule is O=C(Cc1ccncc1)Nc1ccc(Br)c(C(=O)O)c1. The Bertz CT molecular complexity index is 644. The molecule has 0 fully saturated rings. The van der Waals surface area contributed by atoms with Gasteiger partial charge in [0.25, 0.3) is 0 Å². The fourth-order valence-corrected chi connectivity index (χ4v) is 2.07. The van der Waals surface area contributed by atoms with Gasteiger partial charge < -0.3 is 10.4 Å². The van der Waals surface area contributed by atoms with Gasteiger partial charge in [0.2, 0.25) is 5.91 Å². The Kier molecular flexibility index (Phi) is 4.47. The number of hydrogen-bond donors (Lipinski definition) is 2. The van der Waals surface area contributed by atoms with Gasteiger partial charge in [-0.15, -0.1) is 0 Å². The van der Waals surface area contributed by atoms with Crippen molar-refractivity contribution in [2.75, 3.05) is 5.32 Å². The van der Waals surface area contributed by atoms with Crippen molar-refractivity contribution in [3.63, 3.8) is 0 Å². The molecule has 5 nitrogen and oxygen atoms in total. The third-order valence-electron chi connectivity index (χ3n) is 2.59. The highest BCUT2D eigenvalue weighted by molar-refractivity contribution is 9.10. The van der Waals surface area contributed by atoms with Crippen LogP contribution in [-0.2, 0) is 11.2 Å². The van der Waals surface area contributed by atoms with Crippen LogP contribution >= 0.6 is 15.9 Å². The van der Waals surface area contributed by atoms with Gasteiger partial charge in [0.05, 0.1) is 12.0 Å². The average Bonchev–Trinajstić information content (AvgIpc) is 2.41. The number of anilines is 1. The highest BCUT2D eigenvalue weighted by Gasteiger charge is 2.10. The van der Waals surface area contributed by atoms with Gasteiger partial charge in [0.1, 0.15) is 0 Å². The summed E-state index contributed by atoms with van der Waals surface area (Å²) in [4.78, 5) is 26.7. The maximum Gasteiger partial charge on any atom is 0.336 e. The zero-order valence-corrected chi connectivity index (χ0v) is 11.9. The van der Waals surface area contributed by atoms with E-state index in [4.69, 9.17) is 5.11 Å². The summed E-state index contributed by atoms with van der Waals surface area (Å²) in [5.74, 6) is -1.27. The first-order chi connectivity index (χ1) is 9.56. The largest absolute Gasteiger partial charge is 0.478 e. The van der Waals surface area contributed by atoms with Crippen LogP contribution in [0.15, 0.2) is 47.2 Å². The number of benzene rings is 1. The molecule has 0 bridgehead atoms. The van der Waals surface area contributed by atoms with Crippen LogP contribution in [-0.4, -0.2) is 22.0 Å². The zero-order valence-electron chi connectivity index (χ0n) is 10.3. The molecular formula is C14H11BrN2O3. The third-order valence-corrected chi connectivity index (χ3v) is 3.29. The number of carbonyl (C=O) groups is 2. The maximum atomic E-state index is 11.9. The van der Waals surface area contributed by atoms with Crippen molar-refractivity contribution in [1.82, 2.24) is 4.98 Å². The van der Waals surface area contributed by atoms with Crippen molar-refractivity contribution in [3.05, 3.63) is 58.3 Å². The smallest absolute Gasteiger partial charge is 0.336 e. The number of aromatic carboxylic acids is 1. The average molecular weight is 335 g/mol. The molecule has 1 aromatic carbocycles. The number of carboxylic acids is 1. The van der Waals surface area contributed by atoms with Crippen molar-refractivity contribution < 1.29 is 14.7 Å². The quantitative estimate of drug-likeness (QED) is 0.900. The molecule has 20 heavy (non-hydrogen) atoms. The molecule has 1 heterocycles. The summed E-state index contributed by atoms with van der Waals surface area (Å²) >= 11 is 3.15. The molecule has 2 aromatic rings. The lowest BCUT2D eigenvalue weighted by Crippen LogP contribution is -2.14. The summed E-state index contributed by atoms with van der Waals surface area (Å²) in [6.45, 7) is 0. The van der Waals surface area contributed by atoms with Crippen molar-refractivity contribution in [3.8, 4) is 0 Å². The predicted molar refractivity (Wildman–Crippen MR) is 77.7 cm³/mol. The second kappa shape index (κ2) is 6.29. The molecule has 0 saturated carbocycles. The second-order valence-corrected chi connectivity index (χ2v) is 4.93. The topological polar surface area (TPSA) is 79.3 Å². The first-order valence-electron chi connectivity index (χ1n) is 5.78. The number of nitrogens with zero attached hydrogens (tertiary/aromatic N) is 1. The van der Waals surface area contributed by atoms with Gasteiger partial charge in [0.15, 0.2) is 0 Å². The third kappa shape index (κ3) is 3.64. The summed E-state index contributed by atoms with van der Waals surface area (Å²) in [5.41, 5.74) is 1.39. The van der Waals surface area contributed by atoms with Gasteiger partial charge in [-0.3, -0.25) is 9.78 Å². The van der Waals surface area contributed by atoms with E-state index < -0.39 is 5.97 Å². The van der Waals surface area contributed by atoms with Crippen LogP contribution in [0.2, 0.25) is 0 Å². The Morgan fingerprint density at radius 3 is 2.55 bits per heavy atom. The molecule has 0 saturated heterocycles. The van der Waals surface area contributed by atoms with E-state index in [2.05, 4.69) is 26.2 Å². The van der Waals surface area contributed by atoms with Crippen LogP contribution in [0.5, 0.6) is 0 Å². The van der Waals surface area contributed by atoms with E-state index in [1.807, 2.05) is 0 Å². The summed E-state index contributed by atoms with van der Waals surface area (Å²) in [6.07, 6.45) is 3.44. The van der Waals surface area contributed by atoms with E-state index in [0.29, 0.717) is 10.2 Å². The minimum Gasteiger partial charge on any atom is -0.478 e. The Balaban J connectivity index is 2.08. The lowest BCUT2D eigenvalue weighted by molar-refractivity contribution is -0.115. The van der Waals surface area contributed by atoms with E-state index in [0.717, 1.165) is 5.56 Å². The van der Waals surface area contributed by atoms with Gasteiger partial charge in [-0.2, -0.15) is 0 Å². The summed E-state index contributed by atoms with van der Waals surface area (Å²) in [5, 5.41) is 11.7. The minimum absolute atomic E-state index is 0.103. The fourth-order valence-electron chi connectivity index (χ4n) is 1.66. The molecule has 0 atom stereocenters. The van der Waals surface area contributed by atoms with Gasteiger partial charge in [-0.1, -0.05) is 0 Å². The van der Waals surface area contributed by atoms with Gasteiger partial charge >= 0.3 is 5.97 Å². The molecular weight excluding hydrogens is 324 g/mol. The van der Waals surface area contributed by atoms with Crippen LogP contribution in [0.1, 0.15) is 15.9 Å². The Labute approximate surface area is 123 Å². The Morgan fingerprint density at radius 1 is 1.20 bits per heavy atom. The van der Waals surface area contributed by atoms with Crippen molar-refractivity contribution in [2.24, 2.45) is 0 Å².